The van der Waals surface area contributed by atoms with Crippen LogP contribution in [0, 0.1) is 5.82 Å². The lowest BCUT2D eigenvalue weighted by molar-refractivity contribution is -0.122. The van der Waals surface area contributed by atoms with Gasteiger partial charge in [0.2, 0.25) is 0 Å². The number of hydrogen-bond acceptors (Lipinski definition) is 5. The number of amides is 4. The van der Waals surface area contributed by atoms with Crippen LogP contribution in [0.5, 0.6) is 11.5 Å². The lowest BCUT2D eigenvalue weighted by Gasteiger charge is -2.26. The molecule has 0 atom stereocenters. The minimum absolute atomic E-state index is 0.134. The highest BCUT2D eigenvalue weighted by atomic mass is 79.9. The molecule has 0 spiro atoms. The Balaban J connectivity index is 1.60. The summed E-state index contributed by atoms with van der Waals surface area (Å²) < 4.78 is 25.4. The molecule has 4 amide bonds. The highest BCUT2D eigenvalue weighted by Crippen LogP contribution is 2.36. The lowest BCUT2D eigenvalue weighted by Crippen LogP contribution is -2.54. The molecule has 1 saturated heterocycles. The van der Waals surface area contributed by atoms with E-state index in [-0.39, 0.29) is 23.7 Å². The Morgan fingerprint density at radius 2 is 1.69 bits per heavy atom. The number of rotatable bonds is 6. The van der Waals surface area contributed by atoms with Gasteiger partial charge in [0, 0.05) is 0 Å². The van der Waals surface area contributed by atoms with E-state index < -0.39 is 17.8 Å². The highest BCUT2D eigenvalue weighted by molar-refractivity contribution is 9.11. The predicted octanol–water partition coefficient (Wildman–Crippen LogP) is 5.60. The van der Waals surface area contributed by atoms with Gasteiger partial charge in [-0.25, -0.2) is 14.1 Å². The van der Waals surface area contributed by atoms with E-state index >= 15 is 0 Å². The zero-order chi connectivity index (χ0) is 25.1. The van der Waals surface area contributed by atoms with E-state index in [1.807, 2.05) is 0 Å². The van der Waals surface area contributed by atoms with Crippen molar-refractivity contribution in [2.24, 2.45) is 0 Å². The van der Waals surface area contributed by atoms with Crippen molar-refractivity contribution in [3.05, 3.63) is 92.1 Å². The van der Waals surface area contributed by atoms with Crippen LogP contribution < -0.4 is 19.7 Å². The fourth-order valence-electron chi connectivity index (χ4n) is 3.37. The van der Waals surface area contributed by atoms with Crippen molar-refractivity contribution in [1.29, 1.82) is 0 Å². The van der Waals surface area contributed by atoms with Gasteiger partial charge in [-0.1, -0.05) is 12.1 Å². The van der Waals surface area contributed by atoms with Crippen LogP contribution in [0.15, 0.2) is 75.2 Å². The molecule has 10 heteroatoms. The first-order valence-corrected chi connectivity index (χ1v) is 11.8. The Hall–Kier alpha value is -3.50. The molecule has 0 unspecified atom stereocenters. The summed E-state index contributed by atoms with van der Waals surface area (Å²) in [6.45, 7) is 0.134. The highest BCUT2D eigenvalue weighted by Gasteiger charge is 2.36. The molecule has 1 heterocycles. The van der Waals surface area contributed by atoms with Gasteiger partial charge in [-0.2, -0.15) is 0 Å². The molecule has 4 rings (SSSR count). The molecule has 7 nitrogen and oxygen atoms in total. The minimum Gasteiger partial charge on any atom is -0.497 e. The van der Waals surface area contributed by atoms with Gasteiger partial charge in [0.05, 0.1) is 21.7 Å². The average Bonchev–Trinajstić information content (AvgIpc) is 2.81. The zero-order valence-corrected chi connectivity index (χ0v) is 21.4. The van der Waals surface area contributed by atoms with Gasteiger partial charge in [0.25, 0.3) is 11.8 Å². The summed E-state index contributed by atoms with van der Waals surface area (Å²) in [5.74, 6) is -0.902. The van der Waals surface area contributed by atoms with Crippen molar-refractivity contribution in [1.82, 2.24) is 5.32 Å². The van der Waals surface area contributed by atoms with E-state index in [1.54, 1.807) is 48.5 Å². The molecule has 0 aromatic heterocycles. The molecule has 0 bridgehead atoms. The molecular weight excluding hydrogens is 587 g/mol. The topological polar surface area (TPSA) is 84.9 Å². The van der Waals surface area contributed by atoms with Crippen molar-refractivity contribution in [2.45, 2.75) is 6.61 Å². The Kier molecular flexibility index (Phi) is 7.32. The van der Waals surface area contributed by atoms with Crippen LogP contribution in [0.25, 0.3) is 6.08 Å². The number of nitrogens with one attached hydrogen (secondary N) is 1. The van der Waals surface area contributed by atoms with Gasteiger partial charge < -0.3 is 9.47 Å². The largest absolute Gasteiger partial charge is 0.497 e. The van der Waals surface area contributed by atoms with E-state index in [1.165, 1.54) is 25.3 Å². The average molecular weight is 604 g/mol. The van der Waals surface area contributed by atoms with Gasteiger partial charge in [0.1, 0.15) is 29.5 Å². The summed E-state index contributed by atoms with van der Waals surface area (Å²) in [5.41, 5.74) is 1.23. The molecule has 3 aromatic carbocycles. The minimum atomic E-state index is -0.842. The maximum absolute atomic E-state index is 13.4. The standard InChI is InChI=1S/C25H17Br2FN2O5/c1-34-18-7-5-17(6-8-18)30-24(32)19(23(31)29-25(30)33)10-15-11-20(26)22(21(27)12-15)35-13-14-3-2-4-16(28)9-14/h2-12H,13H2,1H3,(H,29,31,33)/b19-10+. The van der Waals surface area contributed by atoms with E-state index in [4.69, 9.17) is 9.47 Å². The van der Waals surface area contributed by atoms with Crippen molar-refractivity contribution in [3.8, 4) is 11.5 Å². The van der Waals surface area contributed by atoms with Crippen LogP contribution in [-0.4, -0.2) is 25.0 Å². The summed E-state index contributed by atoms with van der Waals surface area (Å²) >= 11 is 6.87. The zero-order valence-electron chi connectivity index (χ0n) is 18.2. The Morgan fingerprint density at radius 3 is 2.31 bits per heavy atom. The summed E-state index contributed by atoms with van der Waals surface area (Å²) in [4.78, 5) is 38.8. The number of methoxy groups -OCH3 is 1. The molecule has 35 heavy (non-hydrogen) atoms. The first-order valence-electron chi connectivity index (χ1n) is 10.2. The maximum atomic E-state index is 13.4. The summed E-state index contributed by atoms with van der Waals surface area (Å²) in [6.07, 6.45) is 1.38. The quantitative estimate of drug-likeness (QED) is 0.293. The molecule has 1 N–H and O–H groups in total. The molecule has 1 fully saturated rings. The van der Waals surface area contributed by atoms with E-state index in [0.29, 0.717) is 31.6 Å². The number of urea groups is 1. The van der Waals surface area contributed by atoms with Gasteiger partial charge in [0.15, 0.2) is 0 Å². The number of hydrogen-bond donors (Lipinski definition) is 1. The maximum Gasteiger partial charge on any atom is 0.335 e. The van der Waals surface area contributed by atoms with E-state index in [0.717, 1.165) is 4.90 Å². The van der Waals surface area contributed by atoms with Gasteiger partial charge in [-0.05, 0) is 97.6 Å². The van der Waals surface area contributed by atoms with E-state index in [2.05, 4.69) is 37.2 Å². The molecule has 0 radical (unpaired) electrons. The third-order valence-corrected chi connectivity index (χ3v) is 6.21. The molecule has 1 aliphatic rings. The number of halogens is 3. The third kappa shape index (κ3) is 5.44. The number of carbonyl (C=O) groups is 3. The molecule has 1 aliphatic heterocycles. The van der Waals surface area contributed by atoms with Gasteiger partial charge >= 0.3 is 6.03 Å². The van der Waals surface area contributed by atoms with Crippen LogP contribution in [-0.2, 0) is 16.2 Å². The Labute approximate surface area is 216 Å². The van der Waals surface area contributed by atoms with Crippen molar-refractivity contribution >= 4 is 61.5 Å². The Morgan fingerprint density at radius 1 is 1.00 bits per heavy atom. The normalized spacial score (nSPS) is 14.8. The second-order valence-corrected chi connectivity index (χ2v) is 9.10. The number of carbonyl (C=O) groups excluding carboxylic acids is 3. The summed E-state index contributed by atoms with van der Waals surface area (Å²) in [6, 6.07) is 14.8. The summed E-state index contributed by atoms with van der Waals surface area (Å²) in [5, 5.41) is 2.19. The van der Waals surface area contributed by atoms with Crippen LogP contribution in [0.3, 0.4) is 0 Å². The fourth-order valence-corrected chi connectivity index (χ4v) is 4.82. The number of barbiturate groups is 1. The van der Waals surface area contributed by atoms with Gasteiger partial charge in [-0.15, -0.1) is 0 Å². The second-order valence-electron chi connectivity index (χ2n) is 7.39. The predicted molar refractivity (Wildman–Crippen MR) is 135 cm³/mol. The lowest BCUT2D eigenvalue weighted by atomic mass is 10.1. The SMILES string of the molecule is COc1ccc(N2C(=O)NC(=O)/C(=C\c3cc(Br)c(OCc4cccc(F)c4)c(Br)c3)C2=O)cc1. The molecule has 3 aromatic rings. The molecule has 0 saturated carbocycles. The second kappa shape index (κ2) is 10.4. The monoisotopic (exact) mass is 602 g/mol. The van der Waals surface area contributed by atoms with Crippen molar-refractivity contribution < 1.29 is 28.2 Å². The number of imide groups is 2. The number of benzene rings is 3. The number of ether oxygens (including phenoxy) is 2. The van der Waals surface area contributed by atoms with Crippen LogP contribution >= 0.6 is 31.9 Å². The van der Waals surface area contributed by atoms with Crippen molar-refractivity contribution in [2.75, 3.05) is 12.0 Å². The first kappa shape index (κ1) is 24.6. The van der Waals surface area contributed by atoms with Crippen LogP contribution in [0.4, 0.5) is 14.9 Å². The van der Waals surface area contributed by atoms with Crippen LogP contribution in [0.2, 0.25) is 0 Å². The molecule has 178 valence electrons. The first-order chi connectivity index (χ1) is 16.8. The van der Waals surface area contributed by atoms with Crippen molar-refractivity contribution in [3.63, 3.8) is 0 Å². The number of nitrogens with zero attached hydrogens (tertiary/aromatic N) is 1. The third-order valence-electron chi connectivity index (χ3n) is 5.04. The summed E-state index contributed by atoms with van der Waals surface area (Å²) in [7, 11) is 1.50. The fraction of sp³-hybridized carbons (Fsp3) is 0.0800. The van der Waals surface area contributed by atoms with E-state index in [9.17, 15) is 18.8 Å². The van der Waals surface area contributed by atoms with Crippen LogP contribution in [0.1, 0.15) is 11.1 Å². The Bertz CT molecular complexity index is 1340. The van der Waals surface area contributed by atoms with Gasteiger partial charge in [-0.3, -0.25) is 14.9 Å². The number of anilines is 1. The molecular formula is C25H17Br2FN2O5. The molecule has 0 aliphatic carbocycles. The smallest absolute Gasteiger partial charge is 0.335 e.